The Bertz CT molecular complexity index is 181. The molecule has 0 aromatic heterocycles. The van der Waals surface area contributed by atoms with E-state index in [1.54, 1.807) is 4.90 Å². The second-order valence-electron chi connectivity index (χ2n) is 3.76. The van der Waals surface area contributed by atoms with Crippen molar-refractivity contribution < 1.29 is 9.90 Å². The Balaban J connectivity index is 2.50. The first kappa shape index (κ1) is 11.9. The van der Waals surface area contributed by atoms with Crippen molar-refractivity contribution in [1.82, 2.24) is 4.90 Å². The standard InChI is InChI=1S/C10H19NO2S/c12-7-6-11(10(13)8-14)9-4-2-1-3-5-9/h9,12,14H,1-8H2. The minimum Gasteiger partial charge on any atom is -0.395 e. The number of hydrogen-bond donors (Lipinski definition) is 2. The van der Waals surface area contributed by atoms with Gasteiger partial charge in [0.05, 0.1) is 12.4 Å². The Morgan fingerprint density at radius 2 is 2.00 bits per heavy atom. The second-order valence-corrected chi connectivity index (χ2v) is 4.08. The number of amides is 1. The maximum absolute atomic E-state index is 11.5. The Kier molecular flexibility index (Phi) is 5.33. The van der Waals surface area contributed by atoms with E-state index in [2.05, 4.69) is 12.6 Å². The van der Waals surface area contributed by atoms with Gasteiger partial charge in [0, 0.05) is 12.6 Å². The summed E-state index contributed by atoms with van der Waals surface area (Å²) >= 11 is 3.99. The first-order chi connectivity index (χ1) is 6.79. The second kappa shape index (κ2) is 6.30. The molecular formula is C10H19NO2S. The molecule has 4 heteroatoms. The van der Waals surface area contributed by atoms with Crippen LogP contribution in [-0.2, 0) is 4.79 Å². The van der Waals surface area contributed by atoms with Crippen LogP contribution in [0.2, 0.25) is 0 Å². The molecule has 3 nitrogen and oxygen atoms in total. The molecule has 1 aliphatic rings. The van der Waals surface area contributed by atoms with Gasteiger partial charge in [0.15, 0.2) is 0 Å². The van der Waals surface area contributed by atoms with Crippen LogP contribution in [0, 0.1) is 0 Å². The Morgan fingerprint density at radius 1 is 1.36 bits per heavy atom. The molecular weight excluding hydrogens is 198 g/mol. The lowest BCUT2D eigenvalue weighted by Crippen LogP contribution is -2.43. The van der Waals surface area contributed by atoms with E-state index in [4.69, 9.17) is 5.11 Å². The molecule has 0 heterocycles. The van der Waals surface area contributed by atoms with Crippen LogP contribution in [0.25, 0.3) is 0 Å². The van der Waals surface area contributed by atoms with Crippen molar-refractivity contribution in [2.24, 2.45) is 0 Å². The molecule has 1 amide bonds. The molecule has 0 aromatic carbocycles. The average Bonchev–Trinajstić information content (AvgIpc) is 2.26. The third kappa shape index (κ3) is 3.17. The molecule has 0 spiro atoms. The summed E-state index contributed by atoms with van der Waals surface area (Å²) in [6.07, 6.45) is 5.84. The fourth-order valence-electron chi connectivity index (χ4n) is 2.10. The van der Waals surface area contributed by atoms with Crippen molar-refractivity contribution in [2.45, 2.75) is 38.1 Å². The van der Waals surface area contributed by atoms with Gasteiger partial charge in [0.2, 0.25) is 5.91 Å². The number of carbonyl (C=O) groups is 1. The van der Waals surface area contributed by atoms with Crippen molar-refractivity contribution in [3.63, 3.8) is 0 Å². The molecule has 0 saturated heterocycles. The van der Waals surface area contributed by atoms with Gasteiger partial charge in [-0.05, 0) is 12.8 Å². The predicted octanol–water partition coefficient (Wildman–Crippen LogP) is 1.07. The summed E-state index contributed by atoms with van der Waals surface area (Å²) in [7, 11) is 0. The molecule has 0 atom stereocenters. The number of hydrogen-bond acceptors (Lipinski definition) is 3. The molecule has 1 saturated carbocycles. The summed E-state index contributed by atoms with van der Waals surface area (Å²) in [5.41, 5.74) is 0. The van der Waals surface area contributed by atoms with Crippen molar-refractivity contribution in [2.75, 3.05) is 18.9 Å². The first-order valence-corrected chi connectivity index (χ1v) is 5.94. The molecule has 82 valence electrons. The highest BCUT2D eigenvalue weighted by molar-refractivity contribution is 7.81. The Hall–Kier alpha value is -0.220. The van der Waals surface area contributed by atoms with Crippen molar-refractivity contribution >= 4 is 18.5 Å². The molecule has 14 heavy (non-hydrogen) atoms. The highest BCUT2D eigenvalue weighted by Gasteiger charge is 2.23. The zero-order chi connectivity index (χ0) is 10.4. The normalized spacial score (nSPS) is 18.1. The maximum atomic E-state index is 11.5. The third-order valence-electron chi connectivity index (χ3n) is 2.81. The number of aliphatic hydroxyl groups excluding tert-OH is 1. The van der Waals surface area contributed by atoms with Gasteiger partial charge in [-0.3, -0.25) is 4.79 Å². The molecule has 1 aliphatic carbocycles. The van der Waals surface area contributed by atoms with E-state index in [9.17, 15) is 4.79 Å². The molecule has 1 fully saturated rings. The van der Waals surface area contributed by atoms with Gasteiger partial charge in [-0.1, -0.05) is 19.3 Å². The van der Waals surface area contributed by atoms with Crippen molar-refractivity contribution in [3.05, 3.63) is 0 Å². The summed E-state index contributed by atoms with van der Waals surface area (Å²) in [5, 5.41) is 8.89. The summed E-state index contributed by atoms with van der Waals surface area (Å²) in [5.74, 6) is 0.297. The molecule has 0 radical (unpaired) electrons. The molecule has 0 aromatic rings. The highest BCUT2D eigenvalue weighted by Crippen LogP contribution is 2.22. The Morgan fingerprint density at radius 3 is 2.50 bits per heavy atom. The van der Waals surface area contributed by atoms with E-state index in [1.165, 1.54) is 19.3 Å². The van der Waals surface area contributed by atoms with Gasteiger partial charge in [0.1, 0.15) is 0 Å². The van der Waals surface area contributed by atoms with Gasteiger partial charge in [-0.25, -0.2) is 0 Å². The molecule has 0 unspecified atom stereocenters. The highest BCUT2D eigenvalue weighted by atomic mass is 32.1. The monoisotopic (exact) mass is 217 g/mol. The van der Waals surface area contributed by atoms with Crippen molar-refractivity contribution in [1.29, 1.82) is 0 Å². The fourth-order valence-corrected chi connectivity index (χ4v) is 2.28. The minimum absolute atomic E-state index is 0.0503. The van der Waals surface area contributed by atoms with E-state index in [0.29, 0.717) is 12.6 Å². The summed E-state index contributed by atoms with van der Waals surface area (Å²) in [4.78, 5) is 13.3. The van der Waals surface area contributed by atoms with Crippen LogP contribution in [-0.4, -0.2) is 40.9 Å². The van der Waals surface area contributed by atoms with E-state index in [1.807, 2.05) is 0 Å². The van der Waals surface area contributed by atoms with Gasteiger partial charge >= 0.3 is 0 Å². The summed E-state index contributed by atoms with van der Waals surface area (Å²) in [6.45, 7) is 0.514. The lowest BCUT2D eigenvalue weighted by atomic mass is 9.94. The number of thiol groups is 1. The fraction of sp³-hybridized carbons (Fsp3) is 0.900. The maximum Gasteiger partial charge on any atom is 0.232 e. The average molecular weight is 217 g/mol. The molecule has 1 N–H and O–H groups in total. The third-order valence-corrected chi connectivity index (χ3v) is 3.08. The number of aliphatic hydroxyl groups is 1. The van der Waals surface area contributed by atoms with Crippen LogP contribution in [0.5, 0.6) is 0 Å². The van der Waals surface area contributed by atoms with Gasteiger partial charge < -0.3 is 10.0 Å². The lowest BCUT2D eigenvalue weighted by molar-refractivity contribution is -0.131. The Labute approximate surface area is 90.9 Å². The van der Waals surface area contributed by atoms with E-state index >= 15 is 0 Å². The quantitative estimate of drug-likeness (QED) is 0.692. The van der Waals surface area contributed by atoms with Crippen LogP contribution in [0.15, 0.2) is 0 Å². The number of nitrogens with zero attached hydrogens (tertiary/aromatic N) is 1. The summed E-state index contributed by atoms with van der Waals surface area (Å²) in [6, 6.07) is 0.343. The SMILES string of the molecule is O=C(CS)N(CCO)C1CCCCC1. The van der Waals surface area contributed by atoms with E-state index < -0.39 is 0 Å². The minimum atomic E-state index is 0.0503. The van der Waals surface area contributed by atoms with E-state index in [-0.39, 0.29) is 18.3 Å². The number of rotatable bonds is 4. The van der Waals surface area contributed by atoms with Crippen LogP contribution in [0.4, 0.5) is 0 Å². The topological polar surface area (TPSA) is 40.5 Å². The van der Waals surface area contributed by atoms with Crippen LogP contribution in [0.3, 0.4) is 0 Å². The first-order valence-electron chi connectivity index (χ1n) is 5.30. The number of carbonyl (C=O) groups excluding carboxylic acids is 1. The molecule has 0 aliphatic heterocycles. The van der Waals surface area contributed by atoms with Gasteiger partial charge in [-0.15, -0.1) is 0 Å². The summed E-state index contributed by atoms with van der Waals surface area (Å²) < 4.78 is 0. The largest absolute Gasteiger partial charge is 0.395 e. The molecule has 1 rings (SSSR count). The van der Waals surface area contributed by atoms with Crippen LogP contribution >= 0.6 is 12.6 Å². The lowest BCUT2D eigenvalue weighted by Gasteiger charge is -2.33. The van der Waals surface area contributed by atoms with Crippen LogP contribution in [0.1, 0.15) is 32.1 Å². The molecule has 0 bridgehead atoms. The predicted molar refractivity (Wildman–Crippen MR) is 59.5 cm³/mol. The smallest absolute Gasteiger partial charge is 0.232 e. The van der Waals surface area contributed by atoms with Crippen LogP contribution < -0.4 is 0 Å². The van der Waals surface area contributed by atoms with Gasteiger partial charge in [-0.2, -0.15) is 12.6 Å². The van der Waals surface area contributed by atoms with Crippen molar-refractivity contribution in [3.8, 4) is 0 Å². The van der Waals surface area contributed by atoms with E-state index in [0.717, 1.165) is 12.8 Å². The van der Waals surface area contributed by atoms with Gasteiger partial charge in [0.25, 0.3) is 0 Å². The zero-order valence-electron chi connectivity index (χ0n) is 8.48. The zero-order valence-corrected chi connectivity index (χ0v) is 9.38.